The monoisotopic (exact) mass is 380 g/mol. The lowest BCUT2D eigenvalue weighted by Crippen LogP contribution is -2.31. The second-order valence-electron chi connectivity index (χ2n) is 6.37. The molecule has 0 spiro atoms. The summed E-state index contributed by atoms with van der Waals surface area (Å²) in [6.07, 6.45) is 0. The maximum Gasteiger partial charge on any atom is 0.296 e. The number of hydrogen-bond donors (Lipinski definition) is 2. The Balaban J connectivity index is 1.56. The van der Waals surface area contributed by atoms with Gasteiger partial charge in [0.25, 0.3) is 11.8 Å². The fourth-order valence-electron chi connectivity index (χ4n) is 3.11. The summed E-state index contributed by atoms with van der Waals surface area (Å²) in [5.74, 6) is -1.03. The number of nitrogens with one attached hydrogen (secondary N) is 1. The maximum absolute atomic E-state index is 12.8. The van der Waals surface area contributed by atoms with Crippen molar-refractivity contribution in [1.82, 2.24) is 4.90 Å². The molecule has 2 heterocycles. The molecule has 28 heavy (non-hydrogen) atoms. The Morgan fingerprint density at radius 2 is 1.79 bits per heavy atom. The van der Waals surface area contributed by atoms with Crippen molar-refractivity contribution in [2.45, 2.75) is 13.5 Å². The van der Waals surface area contributed by atoms with E-state index in [-0.39, 0.29) is 24.8 Å². The molecule has 0 atom stereocenters. The summed E-state index contributed by atoms with van der Waals surface area (Å²) in [5, 5.41) is 12.9. The van der Waals surface area contributed by atoms with E-state index < -0.39 is 17.6 Å². The van der Waals surface area contributed by atoms with Gasteiger partial charge in [-0.25, -0.2) is 0 Å². The van der Waals surface area contributed by atoms with Gasteiger partial charge < -0.3 is 19.9 Å². The maximum atomic E-state index is 12.8. The molecule has 2 aromatic rings. The Morgan fingerprint density at radius 1 is 1.07 bits per heavy atom. The molecule has 8 nitrogen and oxygen atoms in total. The second kappa shape index (κ2) is 6.73. The van der Waals surface area contributed by atoms with Gasteiger partial charge in [-0.3, -0.25) is 19.3 Å². The van der Waals surface area contributed by atoms with Gasteiger partial charge in [0.05, 0.1) is 12.1 Å². The van der Waals surface area contributed by atoms with Gasteiger partial charge in [0, 0.05) is 12.6 Å². The van der Waals surface area contributed by atoms with E-state index in [2.05, 4.69) is 5.32 Å². The fourth-order valence-corrected chi connectivity index (χ4v) is 3.11. The molecule has 2 aliphatic rings. The number of anilines is 1. The van der Waals surface area contributed by atoms with E-state index in [9.17, 15) is 19.5 Å². The van der Waals surface area contributed by atoms with Gasteiger partial charge in [-0.2, -0.15) is 0 Å². The van der Waals surface area contributed by atoms with Crippen LogP contribution in [-0.2, 0) is 20.9 Å². The number of carbonyl (C=O) groups excluding carboxylic acids is 3. The lowest BCUT2D eigenvalue weighted by atomic mass is 10.0. The van der Waals surface area contributed by atoms with Crippen LogP contribution in [0.1, 0.15) is 18.1 Å². The summed E-state index contributed by atoms with van der Waals surface area (Å²) in [4.78, 5) is 37.3. The van der Waals surface area contributed by atoms with Crippen LogP contribution in [0.3, 0.4) is 0 Å². The number of aliphatic hydroxyl groups is 1. The first-order chi connectivity index (χ1) is 13.4. The zero-order valence-electron chi connectivity index (χ0n) is 14.9. The molecule has 142 valence electrons. The van der Waals surface area contributed by atoms with Gasteiger partial charge in [0.2, 0.25) is 12.7 Å². The number of imide groups is 1. The highest BCUT2D eigenvalue weighted by Gasteiger charge is 2.39. The number of fused-ring (bicyclic) bond motifs is 1. The van der Waals surface area contributed by atoms with Crippen molar-refractivity contribution in [3.05, 3.63) is 59.4 Å². The van der Waals surface area contributed by atoms with Crippen LogP contribution in [0.4, 0.5) is 5.69 Å². The van der Waals surface area contributed by atoms with E-state index >= 15 is 0 Å². The minimum atomic E-state index is -0.761. The SMILES string of the molecule is CC(=O)Nc1ccc(C2=C(O)C(=O)N(Cc3ccc4c(c3)OCO4)C2=O)cc1. The van der Waals surface area contributed by atoms with Crippen LogP contribution in [0, 0.1) is 0 Å². The van der Waals surface area contributed by atoms with Crippen molar-refractivity contribution in [3.8, 4) is 11.5 Å². The van der Waals surface area contributed by atoms with E-state index in [1.807, 2.05) is 0 Å². The van der Waals surface area contributed by atoms with Crippen molar-refractivity contribution in [2.24, 2.45) is 0 Å². The zero-order chi connectivity index (χ0) is 19.8. The molecule has 4 rings (SSSR count). The number of benzene rings is 2. The molecule has 8 heteroatoms. The highest BCUT2D eigenvalue weighted by molar-refractivity contribution is 6.34. The largest absolute Gasteiger partial charge is 0.502 e. The molecule has 2 aliphatic heterocycles. The number of hydrogen-bond acceptors (Lipinski definition) is 6. The smallest absolute Gasteiger partial charge is 0.296 e. The number of nitrogens with zero attached hydrogens (tertiary/aromatic N) is 1. The van der Waals surface area contributed by atoms with Gasteiger partial charge in [-0.05, 0) is 35.4 Å². The predicted octanol–water partition coefficient (Wildman–Crippen LogP) is 2.21. The molecule has 2 N–H and O–H groups in total. The van der Waals surface area contributed by atoms with Gasteiger partial charge in [0.15, 0.2) is 17.3 Å². The number of carbonyl (C=O) groups is 3. The average molecular weight is 380 g/mol. The molecule has 2 aromatic carbocycles. The highest BCUT2D eigenvalue weighted by Crippen LogP contribution is 2.34. The number of ether oxygens (including phenoxy) is 2. The molecule has 0 aromatic heterocycles. The van der Waals surface area contributed by atoms with Crippen LogP contribution in [0.5, 0.6) is 11.5 Å². The summed E-state index contributed by atoms with van der Waals surface area (Å²) in [6.45, 7) is 1.50. The van der Waals surface area contributed by atoms with Crippen LogP contribution < -0.4 is 14.8 Å². The molecule has 0 radical (unpaired) electrons. The van der Waals surface area contributed by atoms with Crippen molar-refractivity contribution < 1.29 is 29.0 Å². The molecule has 0 saturated carbocycles. The standard InChI is InChI=1S/C20H16N2O6/c1-11(23)21-14-5-3-13(4-6-14)17-18(24)20(26)22(19(17)25)9-12-2-7-15-16(8-12)28-10-27-15/h2-8,24H,9-10H2,1H3,(H,21,23). The van der Waals surface area contributed by atoms with Crippen molar-refractivity contribution in [3.63, 3.8) is 0 Å². The highest BCUT2D eigenvalue weighted by atomic mass is 16.7. The third kappa shape index (κ3) is 3.05. The Kier molecular flexibility index (Phi) is 4.23. The van der Waals surface area contributed by atoms with Gasteiger partial charge in [0.1, 0.15) is 0 Å². The minimum absolute atomic E-state index is 0.00809. The lowest BCUT2D eigenvalue weighted by molar-refractivity contribution is -0.138. The summed E-state index contributed by atoms with van der Waals surface area (Å²) in [5.41, 5.74) is 1.53. The van der Waals surface area contributed by atoms with Gasteiger partial charge in [-0.15, -0.1) is 0 Å². The van der Waals surface area contributed by atoms with Crippen LogP contribution >= 0.6 is 0 Å². The van der Waals surface area contributed by atoms with E-state index in [0.717, 1.165) is 4.90 Å². The Bertz CT molecular complexity index is 1030. The Labute approximate surface area is 160 Å². The van der Waals surface area contributed by atoms with Crippen LogP contribution in [0.25, 0.3) is 5.57 Å². The number of rotatable bonds is 4. The van der Waals surface area contributed by atoms with Crippen LogP contribution in [0.15, 0.2) is 48.2 Å². The predicted molar refractivity (Wildman–Crippen MR) is 98.4 cm³/mol. The molecule has 0 aliphatic carbocycles. The minimum Gasteiger partial charge on any atom is -0.502 e. The van der Waals surface area contributed by atoms with Crippen LogP contribution in [0.2, 0.25) is 0 Å². The molecule has 0 unspecified atom stereocenters. The molecule has 3 amide bonds. The summed E-state index contributed by atoms with van der Waals surface area (Å²) in [6, 6.07) is 11.4. The second-order valence-corrected chi connectivity index (χ2v) is 6.37. The first kappa shape index (κ1) is 17.6. The fraction of sp³-hybridized carbons (Fsp3) is 0.150. The first-order valence-electron chi connectivity index (χ1n) is 8.50. The summed E-state index contributed by atoms with van der Waals surface area (Å²) >= 11 is 0. The van der Waals surface area contributed by atoms with E-state index in [4.69, 9.17) is 9.47 Å². The normalized spacial score (nSPS) is 15.4. The topological polar surface area (TPSA) is 105 Å². The summed E-state index contributed by atoms with van der Waals surface area (Å²) < 4.78 is 10.6. The Hall–Kier alpha value is -3.81. The number of aliphatic hydroxyl groups excluding tert-OH is 1. The number of amides is 3. The molecular formula is C20H16N2O6. The zero-order valence-corrected chi connectivity index (χ0v) is 14.9. The van der Waals surface area contributed by atoms with Gasteiger partial charge in [-0.1, -0.05) is 18.2 Å². The van der Waals surface area contributed by atoms with Crippen LogP contribution in [-0.4, -0.2) is 34.5 Å². The lowest BCUT2D eigenvalue weighted by Gasteiger charge is -2.15. The Morgan fingerprint density at radius 3 is 2.50 bits per heavy atom. The van der Waals surface area contributed by atoms with E-state index in [1.54, 1.807) is 42.5 Å². The van der Waals surface area contributed by atoms with Crippen molar-refractivity contribution in [1.29, 1.82) is 0 Å². The van der Waals surface area contributed by atoms with E-state index in [0.29, 0.717) is 28.3 Å². The summed E-state index contributed by atoms with van der Waals surface area (Å²) in [7, 11) is 0. The first-order valence-corrected chi connectivity index (χ1v) is 8.50. The molecule has 0 fully saturated rings. The third-order valence-electron chi connectivity index (χ3n) is 4.42. The average Bonchev–Trinajstić information content (AvgIpc) is 3.21. The molecular weight excluding hydrogens is 364 g/mol. The molecule has 0 bridgehead atoms. The quantitative estimate of drug-likeness (QED) is 0.788. The molecule has 0 saturated heterocycles. The van der Waals surface area contributed by atoms with Crippen molar-refractivity contribution >= 4 is 29.0 Å². The van der Waals surface area contributed by atoms with Crippen molar-refractivity contribution in [2.75, 3.05) is 12.1 Å². The third-order valence-corrected chi connectivity index (χ3v) is 4.42. The van der Waals surface area contributed by atoms with Gasteiger partial charge >= 0.3 is 0 Å². The van der Waals surface area contributed by atoms with E-state index in [1.165, 1.54) is 6.92 Å².